The van der Waals surface area contributed by atoms with Gasteiger partial charge in [-0.25, -0.2) is 0 Å². The molecule has 2 heterocycles. The molecule has 2 bridgehead atoms. The smallest absolute Gasteiger partial charge is 0.253 e. The summed E-state index contributed by atoms with van der Waals surface area (Å²) in [4.78, 5) is 26.1. The minimum absolute atomic E-state index is 0.0545. The topological polar surface area (TPSA) is 61.4 Å². The predicted octanol–water partition coefficient (Wildman–Crippen LogP) is 2.56. The summed E-state index contributed by atoms with van der Waals surface area (Å²) < 4.78 is 0. The Balaban J connectivity index is 1.63. The Hall–Kier alpha value is -1.88. The summed E-state index contributed by atoms with van der Waals surface area (Å²) in [6, 6.07) is 6.67. The molecule has 0 aromatic heterocycles. The van der Waals surface area contributed by atoms with Gasteiger partial charge in [0, 0.05) is 43.9 Å². The van der Waals surface area contributed by atoms with Gasteiger partial charge in [-0.15, -0.1) is 0 Å². The molecule has 0 aliphatic carbocycles. The summed E-state index contributed by atoms with van der Waals surface area (Å²) in [6.45, 7) is 1.95. The summed E-state index contributed by atoms with van der Waals surface area (Å²) in [6.07, 6.45) is 5.26. The van der Waals surface area contributed by atoms with Crippen LogP contribution in [0.2, 0.25) is 0 Å². The van der Waals surface area contributed by atoms with Crippen LogP contribution in [-0.4, -0.2) is 42.9 Å². The van der Waals surface area contributed by atoms with Crippen LogP contribution < -0.4 is 10.6 Å². The third-order valence-electron chi connectivity index (χ3n) is 5.21. The molecule has 2 atom stereocenters. The van der Waals surface area contributed by atoms with Crippen LogP contribution in [0.25, 0.3) is 0 Å². The van der Waals surface area contributed by atoms with Crippen LogP contribution in [0.1, 0.15) is 48.0 Å². The molecule has 2 N–H and O–H groups in total. The summed E-state index contributed by atoms with van der Waals surface area (Å²) in [5, 5.41) is 6.62. The number of nitrogens with one attached hydrogen (secondary N) is 2. The highest BCUT2D eigenvalue weighted by atomic mass is 16.2. The number of amides is 2. The third-order valence-corrected chi connectivity index (χ3v) is 5.21. The first-order chi connectivity index (χ1) is 11.4. The van der Waals surface area contributed by atoms with Crippen LogP contribution in [0.5, 0.6) is 0 Å². The average molecular weight is 329 g/mol. The number of rotatable bonds is 4. The Bertz CT molecular complexity index is 629. The van der Waals surface area contributed by atoms with Crippen LogP contribution in [-0.2, 0) is 4.79 Å². The maximum atomic E-state index is 12.5. The summed E-state index contributed by atoms with van der Waals surface area (Å²) in [7, 11) is 3.46. The molecule has 0 spiro atoms. The van der Waals surface area contributed by atoms with E-state index in [2.05, 4.69) is 10.6 Å². The molecule has 2 aliphatic heterocycles. The Kier molecular flexibility index (Phi) is 4.90. The van der Waals surface area contributed by atoms with Gasteiger partial charge in [0.05, 0.1) is 0 Å². The van der Waals surface area contributed by atoms with E-state index in [9.17, 15) is 9.59 Å². The molecule has 0 radical (unpaired) electrons. The fourth-order valence-corrected chi connectivity index (χ4v) is 3.95. The number of carbonyl (C=O) groups excluding carboxylic acids is 2. The van der Waals surface area contributed by atoms with Gasteiger partial charge in [-0.3, -0.25) is 9.59 Å². The van der Waals surface area contributed by atoms with Gasteiger partial charge in [-0.05, 0) is 56.2 Å². The Morgan fingerprint density at radius 1 is 1.21 bits per heavy atom. The van der Waals surface area contributed by atoms with E-state index in [4.69, 9.17) is 0 Å². The summed E-state index contributed by atoms with van der Waals surface area (Å²) in [5.41, 5.74) is 2.31. The number of anilines is 1. The van der Waals surface area contributed by atoms with Crippen molar-refractivity contribution >= 4 is 17.5 Å². The number of hydrogen-bond acceptors (Lipinski definition) is 3. The van der Waals surface area contributed by atoms with Crippen LogP contribution in [0.4, 0.5) is 5.69 Å². The zero-order chi connectivity index (χ0) is 17.3. The predicted molar refractivity (Wildman–Crippen MR) is 95.1 cm³/mol. The van der Waals surface area contributed by atoms with E-state index in [1.165, 1.54) is 12.8 Å². The second kappa shape index (κ2) is 6.93. The summed E-state index contributed by atoms with van der Waals surface area (Å²) in [5.74, 6) is 0.468. The fourth-order valence-electron chi connectivity index (χ4n) is 3.95. The molecule has 2 saturated heterocycles. The van der Waals surface area contributed by atoms with Gasteiger partial charge in [-0.1, -0.05) is 6.07 Å². The van der Waals surface area contributed by atoms with Gasteiger partial charge in [0.15, 0.2) is 0 Å². The van der Waals surface area contributed by atoms with E-state index in [-0.39, 0.29) is 11.8 Å². The SMILES string of the molecule is Cc1ccc(C(=O)N(C)C)cc1NC(=O)CC1CC2CCC(C1)N2. The van der Waals surface area contributed by atoms with Gasteiger partial charge >= 0.3 is 0 Å². The maximum Gasteiger partial charge on any atom is 0.253 e. The number of fused-ring (bicyclic) bond motifs is 2. The molecule has 1 aromatic rings. The van der Waals surface area contributed by atoms with Crippen molar-refractivity contribution < 1.29 is 9.59 Å². The van der Waals surface area contributed by atoms with Crippen LogP contribution in [0.15, 0.2) is 18.2 Å². The van der Waals surface area contributed by atoms with E-state index in [1.54, 1.807) is 31.1 Å². The van der Waals surface area contributed by atoms with E-state index in [0.717, 1.165) is 24.1 Å². The molecule has 2 unspecified atom stereocenters. The Labute approximate surface area is 143 Å². The third kappa shape index (κ3) is 3.78. The molecule has 0 saturated carbocycles. The van der Waals surface area contributed by atoms with Crippen molar-refractivity contribution in [3.8, 4) is 0 Å². The first kappa shape index (κ1) is 17.0. The highest BCUT2D eigenvalue weighted by Gasteiger charge is 2.34. The molecular formula is C19H27N3O2. The van der Waals surface area contributed by atoms with Crippen molar-refractivity contribution in [2.24, 2.45) is 5.92 Å². The van der Waals surface area contributed by atoms with E-state index >= 15 is 0 Å². The largest absolute Gasteiger partial charge is 0.345 e. The molecule has 2 aliphatic rings. The zero-order valence-corrected chi connectivity index (χ0v) is 14.8. The van der Waals surface area contributed by atoms with Crippen molar-refractivity contribution in [3.63, 3.8) is 0 Å². The van der Waals surface area contributed by atoms with Crippen LogP contribution in [0.3, 0.4) is 0 Å². The molecule has 2 amide bonds. The minimum Gasteiger partial charge on any atom is -0.345 e. The van der Waals surface area contributed by atoms with Gasteiger partial charge in [0.25, 0.3) is 5.91 Å². The van der Waals surface area contributed by atoms with Gasteiger partial charge < -0.3 is 15.5 Å². The van der Waals surface area contributed by atoms with E-state index in [1.807, 2.05) is 13.0 Å². The number of piperidine rings is 1. The number of hydrogen-bond donors (Lipinski definition) is 2. The number of nitrogens with zero attached hydrogens (tertiary/aromatic N) is 1. The normalized spacial score (nSPS) is 25.4. The highest BCUT2D eigenvalue weighted by Crippen LogP contribution is 2.33. The maximum absolute atomic E-state index is 12.5. The lowest BCUT2D eigenvalue weighted by Crippen LogP contribution is -2.39. The minimum atomic E-state index is -0.0552. The van der Waals surface area contributed by atoms with Crippen molar-refractivity contribution in [2.45, 2.75) is 51.1 Å². The van der Waals surface area contributed by atoms with Crippen molar-refractivity contribution in [1.82, 2.24) is 10.2 Å². The van der Waals surface area contributed by atoms with Crippen LogP contribution >= 0.6 is 0 Å². The fraction of sp³-hybridized carbons (Fsp3) is 0.579. The molecule has 24 heavy (non-hydrogen) atoms. The lowest BCUT2D eigenvalue weighted by molar-refractivity contribution is -0.117. The second-order valence-electron chi connectivity index (χ2n) is 7.46. The second-order valence-corrected chi connectivity index (χ2v) is 7.46. The summed E-state index contributed by atoms with van der Waals surface area (Å²) >= 11 is 0. The number of benzene rings is 1. The van der Waals surface area contributed by atoms with Crippen molar-refractivity contribution in [3.05, 3.63) is 29.3 Å². The van der Waals surface area contributed by atoms with E-state index < -0.39 is 0 Å². The standard InChI is InChI=1S/C19H27N3O2/c1-12-4-5-14(19(24)22(2)3)11-17(12)21-18(23)10-13-8-15-6-7-16(9-13)20-15/h4-5,11,13,15-16,20H,6-10H2,1-3H3,(H,21,23). The Morgan fingerprint density at radius 3 is 2.50 bits per heavy atom. The van der Waals surface area contributed by atoms with Gasteiger partial charge in [0.1, 0.15) is 0 Å². The zero-order valence-electron chi connectivity index (χ0n) is 14.8. The molecule has 130 valence electrons. The first-order valence-electron chi connectivity index (χ1n) is 8.80. The lowest BCUT2D eigenvalue weighted by atomic mass is 9.89. The number of aryl methyl sites for hydroxylation is 1. The monoisotopic (exact) mass is 329 g/mol. The van der Waals surface area contributed by atoms with Gasteiger partial charge in [-0.2, -0.15) is 0 Å². The molecular weight excluding hydrogens is 302 g/mol. The number of carbonyl (C=O) groups is 2. The molecule has 2 fully saturated rings. The average Bonchev–Trinajstić information content (AvgIpc) is 2.87. The lowest BCUT2D eigenvalue weighted by Gasteiger charge is -2.28. The molecule has 3 rings (SSSR count). The quantitative estimate of drug-likeness (QED) is 0.892. The van der Waals surface area contributed by atoms with E-state index in [0.29, 0.717) is 30.0 Å². The molecule has 5 heteroatoms. The van der Waals surface area contributed by atoms with Crippen LogP contribution in [0, 0.1) is 12.8 Å². The molecule has 1 aromatic carbocycles. The van der Waals surface area contributed by atoms with Gasteiger partial charge in [0.2, 0.25) is 5.91 Å². The first-order valence-corrected chi connectivity index (χ1v) is 8.80. The van der Waals surface area contributed by atoms with Crippen molar-refractivity contribution in [1.29, 1.82) is 0 Å². The highest BCUT2D eigenvalue weighted by molar-refractivity contribution is 5.97. The van der Waals surface area contributed by atoms with Crippen molar-refractivity contribution in [2.75, 3.05) is 19.4 Å². The Morgan fingerprint density at radius 2 is 1.88 bits per heavy atom. The molecule has 5 nitrogen and oxygen atoms in total.